The molecule has 7 heteroatoms. The summed E-state index contributed by atoms with van der Waals surface area (Å²) in [7, 11) is -3.44. The second kappa shape index (κ2) is 8.71. The molecule has 1 aromatic rings. The second-order valence-corrected chi connectivity index (χ2v) is 9.73. The summed E-state index contributed by atoms with van der Waals surface area (Å²) in [6.07, 6.45) is 4.44. The number of sulfonamides is 1. The van der Waals surface area contributed by atoms with E-state index in [1.807, 2.05) is 19.1 Å². The van der Waals surface area contributed by atoms with E-state index in [1.165, 1.54) is 11.3 Å². The van der Waals surface area contributed by atoms with E-state index in [-0.39, 0.29) is 5.91 Å². The summed E-state index contributed by atoms with van der Waals surface area (Å²) in [4.78, 5) is 16.3. The van der Waals surface area contributed by atoms with Crippen molar-refractivity contribution in [1.29, 1.82) is 0 Å². The Kier molecular flexibility index (Phi) is 6.55. The Morgan fingerprint density at radius 3 is 2.41 bits per heavy atom. The molecule has 0 saturated carbocycles. The number of hydrogen-bond acceptors (Lipinski definition) is 3. The van der Waals surface area contributed by atoms with Crippen molar-refractivity contribution in [2.75, 3.05) is 39.3 Å². The molecule has 0 radical (unpaired) electrons. The Morgan fingerprint density at radius 2 is 1.78 bits per heavy atom. The van der Waals surface area contributed by atoms with E-state index in [4.69, 9.17) is 0 Å². The molecule has 1 atom stereocenters. The van der Waals surface area contributed by atoms with Crippen molar-refractivity contribution in [3.63, 3.8) is 0 Å². The Bertz CT molecular complexity index is 740. The van der Waals surface area contributed by atoms with Gasteiger partial charge in [0.15, 0.2) is 6.54 Å². The quantitative estimate of drug-likeness (QED) is 0.799. The fourth-order valence-corrected chi connectivity index (χ4v) is 5.59. The molecule has 27 heavy (non-hydrogen) atoms. The number of carbonyl (C=O) groups is 1. The topological polar surface area (TPSA) is 62.1 Å². The van der Waals surface area contributed by atoms with Gasteiger partial charge < -0.3 is 9.80 Å². The molecular weight excluding hydrogens is 362 g/mol. The number of quaternary nitrogens is 1. The van der Waals surface area contributed by atoms with Crippen LogP contribution in [0.25, 0.3) is 0 Å². The van der Waals surface area contributed by atoms with Crippen LogP contribution in [0.3, 0.4) is 0 Å². The van der Waals surface area contributed by atoms with Gasteiger partial charge in [-0.3, -0.25) is 4.79 Å². The number of aryl methyl sites for hydroxylation is 1. The molecule has 0 unspecified atom stereocenters. The van der Waals surface area contributed by atoms with Gasteiger partial charge >= 0.3 is 0 Å². The molecule has 2 aliphatic heterocycles. The maximum Gasteiger partial charge on any atom is 0.278 e. The van der Waals surface area contributed by atoms with E-state index < -0.39 is 10.0 Å². The number of carbonyl (C=O) groups excluding carboxylic acids is 1. The van der Waals surface area contributed by atoms with E-state index in [0.717, 1.165) is 31.4 Å². The smallest absolute Gasteiger partial charge is 0.278 e. The largest absolute Gasteiger partial charge is 0.335 e. The van der Waals surface area contributed by atoms with Gasteiger partial charge in [0, 0.05) is 12.6 Å². The van der Waals surface area contributed by atoms with Crippen molar-refractivity contribution in [3.8, 4) is 0 Å². The highest BCUT2D eigenvalue weighted by atomic mass is 32.2. The number of benzene rings is 1. The third-order valence-electron chi connectivity index (χ3n) is 5.91. The summed E-state index contributed by atoms with van der Waals surface area (Å²) in [5.41, 5.74) is 1.05. The summed E-state index contributed by atoms with van der Waals surface area (Å²) in [5, 5.41) is 0. The van der Waals surface area contributed by atoms with Gasteiger partial charge in [-0.25, -0.2) is 8.42 Å². The van der Waals surface area contributed by atoms with Crippen LogP contribution in [0, 0.1) is 6.92 Å². The van der Waals surface area contributed by atoms with Crippen molar-refractivity contribution >= 4 is 15.9 Å². The average molecular weight is 395 g/mol. The fourth-order valence-electron chi connectivity index (χ4n) is 4.15. The van der Waals surface area contributed by atoms with Crippen LogP contribution >= 0.6 is 0 Å². The Hall–Kier alpha value is -1.44. The molecule has 1 aromatic carbocycles. The molecule has 2 aliphatic rings. The standard InChI is InChI=1S/C20H31N3O3S/c1-3-18-6-4-5-11-23(18)20(24)16-21-12-14-22(15-13-21)27(25,26)19-9-7-17(2)8-10-19/h7-10,18H,3-6,11-16H2,1-2H3/p+1/t18-/m1/s1. The lowest BCUT2D eigenvalue weighted by Gasteiger charge is -2.37. The number of piperazine rings is 1. The lowest BCUT2D eigenvalue weighted by molar-refractivity contribution is -0.896. The number of nitrogens with one attached hydrogen (secondary N) is 1. The highest BCUT2D eigenvalue weighted by Gasteiger charge is 2.33. The van der Waals surface area contributed by atoms with E-state index >= 15 is 0 Å². The Morgan fingerprint density at radius 1 is 1.11 bits per heavy atom. The normalized spacial score (nSPS) is 22.7. The molecule has 2 heterocycles. The number of likely N-dealkylation sites (tertiary alicyclic amines) is 1. The number of piperidine rings is 1. The minimum absolute atomic E-state index is 0.228. The summed E-state index contributed by atoms with van der Waals surface area (Å²) in [6.45, 7) is 7.75. The number of amides is 1. The number of nitrogens with zero attached hydrogens (tertiary/aromatic N) is 2. The van der Waals surface area contributed by atoms with Crippen LogP contribution < -0.4 is 4.90 Å². The molecule has 1 amide bonds. The molecule has 3 rings (SSSR count). The predicted octanol–water partition coefficient (Wildman–Crippen LogP) is 0.675. The summed E-state index contributed by atoms with van der Waals surface area (Å²) >= 11 is 0. The first kappa shape index (κ1) is 20.3. The summed E-state index contributed by atoms with van der Waals surface area (Å²) < 4.78 is 27.2. The molecule has 1 N–H and O–H groups in total. The van der Waals surface area contributed by atoms with Crippen molar-refractivity contribution in [3.05, 3.63) is 29.8 Å². The van der Waals surface area contributed by atoms with Crippen LogP contribution in [0.5, 0.6) is 0 Å². The fraction of sp³-hybridized carbons (Fsp3) is 0.650. The molecule has 2 fully saturated rings. The lowest BCUT2D eigenvalue weighted by atomic mass is 10.00. The van der Waals surface area contributed by atoms with Gasteiger partial charge in [-0.1, -0.05) is 24.6 Å². The van der Waals surface area contributed by atoms with Crippen LogP contribution in [0.1, 0.15) is 38.2 Å². The van der Waals surface area contributed by atoms with Crippen LogP contribution in [-0.2, 0) is 14.8 Å². The molecule has 6 nitrogen and oxygen atoms in total. The van der Waals surface area contributed by atoms with Crippen molar-refractivity contribution < 1.29 is 18.1 Å². The maximum atomic E-state index is 12.8. The van der Waals surface area contributed by atoms with Crippen LogP contribution in [-0.4, -0.2) is 68.8 Å². The van der Waals surface area contributed by atoms with Gasteiger partial charge in [-0.15, -0.1) is 0 Å². The van der Waals surface area contributed by atoms with Gasteiger partial charge in [-0.2, -0.15) is 4.31 Å². The molecule has 0 aliphatic carbocycles. The SMILES string of the molecule is CC[C@@H]1CCCCN1C(=O)C[NH+]1CCN(S(=O)(=O)c2ccc(C)cc2)CC1. The van der Waals surface area contributed by atoms with E-state index in [9.17, 15) is 13.2 Å². The van der Waals surface area contributed by atoms with Gasteiger partial charge in [0.05, 0.1) is 31.1 Å². The highest BCUT2D eigenvalue weighted by molar-refractivity contribution is 7.89. The minimum atomic E-state index is -3.44. The monoisotopic (exact) mass is 394 g/mol. The van der Waals surface area contributed by atoms with Gasteiger partial charge in [0.1, 0.15) is 0 Å². The second-order valence-electron chi connectivity index (χ2n) is 7.79. The third-order valence-corrected chi connectivity index (χ3v) is 7.82. The first-order valence-electron chi connectivity index (χ1n) is 10.1. The van der Waals surface area contributed by atoms with Crippen LogP contribution in [0.2, 0.25) is 0 Å². The van der Waals surface area contributed by atoms with Crippen LogP contribution in [0.15, 0.2) is 29.2 Å². The Balaban J connectivity index is 1.55. The predicted molar refractivity (Wildman–Crippen MR) is 105 cm³/mol. The molecule has 2 saturated heterocycles. The molecule has 0 aromatic heterocycles. The zero-order valence-corrected chi connectivity index (χ0v) is 17.3. The summed E-state index contributed by atoms with van der Waals surface area (Å²) in [5.74, 6) is 0.228. The van der Waals surface area contributed by atoms with Crippen molar-refractivity contribution in [1.82, 2.24) is 9.21 Å². The zero-order valence-electron chi connectivity index (χ0n) is 16.5. The van der Waals surface area contributed by atoms with Gasteiger partial charge in [-0.05, 0) is 44.7 Å². The molecular formula is C20H32N3O3S+. The van der Waals surface area contributed by atoms with E-state index in [1.54, 1.807) is 16.4 Å². The van der Waals surface area contributed by atoms with Crippen LogP contribution in [0.4, 0.5) is 0 Å². The number of hydrogen-bond donors (Lipinski definition) is 1. The summed E-state index contributed by atoms with van der Waals surface area (Å²) in [6, 6.07) is 7.39. The van der Waals surface area contributed by atoms with Crippen molar-refractivity contribution in [2.24, 2.45) is 0 Å². The molecule has 0 bridgehead atoms. The highest BCUT2D eigenvalue weighted by Crippen LogP contribution is 2.19. The first-order valence-corrected chi connectivity index (χ1v) is 11.6. The van der Waals surface area contributed by atoms with E-state index in [0.29, 0.717) is 43.7 Å². The van der Waals surface area contributed by atoms with E-state index in [2.05, 4.69) is 11.8 Å². The van der Waals surface area contributed by atoms with Crippen molar-refractivity contribution in [2.45, 2.75) is 50.5 Å². The zero-order chi connectivity index (χ0) is 19.4. The third kappa shape index (κ3) is 4.70. The van der Waals surface area contributed by atoms with Gasteiger partial charge in [0.2, 0.25) is 10.0 Å². The Labute approximate surface area is 163 Å². The average Bonchev–Trinajstić information content (AvgIpc) is 2.68. The lowest BCUT2D eigenvalue weighted by Crippen LogP contribution is -3.15. The maximum absolute atomic E-state index is 12.8. The first-order chi connectivity index (χ1) is 12.9. The van der Waals surface area contributed by atoms with Gasteiger partial charge in [0.25, 0.3) is 5.91 Å². The molecule has 150 valence electrons. The minimum Gasteiger partial charge on any atom is -0.335 e. The molecule has 0 spiro atoms. The number of rotatable bonds is 5.